The second-order valence-corrected chi connectivity index (χ2v) is 4.40. The van der Waals surface area contributed by atoms with Crippen molar-refractivity contribution in [3.05, 3.63) is 28.5 Å². The number of ether oxygens (including phenoxy) is 1. The Balaban J connectivity index is 2.14. The van der Waals surface area contributed by atoms with E-state index in [1.54, 1.807) is 11.3 Å². The first kappa shape index (κ1) is 10.4. The lowest BCUT2D eigenvalue weighted by molar-refractivity contribution is -0.148. The zero-order valence-corrected chi connectivity index (χ0v) is 9.76. The highest BCUT2D eigenvalue weighted by Crippen LogP contribution is 2.54. The van der Waals surface area contributed by atoms with Crippen molar-refractivity contribution in [2.45, 2.75) is 20.3 Å². The van der Waals surface area contributed by atoms with Crippen molar-refractivity contribution in [1.82, 2.24) is 0 Å². The van der Waals surface area contributed by atoms with Gasteiger partial charge in [-0.2, -0.15) is 11.3 Å². The van der Waals surface area contributed by atoms with Gasteiger partial charge >= 0.3 is 5.97 Å². The minimum absolute atomic E-state index is 0.103. The summed E-state index contributed by atoms with van der Waals surface area (Å²) in [6, 6.07) is 2.05. The molecule has 80 valence electrons. The van der Waals surface area contributed by atoms with Gasteiger partial charge in [-0.15, -0.1) is 0 Å². The fourth-order valence-corrected chi connectivity index (χ4v) is 2.49. The Morgan fingerprint density at radius 3 is 2.87 bits per heavy atom. The summed E-state index contributed by atoms with van der Waals surface area (Å²) in [4.78, 5) is 11.8. The summed E-state index contributed by atoms with van der Waals surface area (Å²) >= 11 is 1.65. The van der Waals surface area contributed by atoms with E-state index in [0.29, 0.717) is 6.61 Å². The summed E-state index contributed by atoms with van der Waals surface area (Å²) < 4.78 is 5.10. The SMILES string of the molecule is CCOC(=O)C1(CC)C=C1c1ccsc1. The van der Waals surface area contributed by atoms with E-state index in [4.69, 9.17) is 4.74 Å². The van der Waals surface area contributed by atoms with E-state index >= 15 is 0 Å². The van der Waals surface area contributed by atoms with Crippen molar-refractivity contribution < 1.29 is 9.53 Å². The first-order valence-corrected chi connectivity index (χ1v) is 6.12. The fraction of sp³-hybridized carbons (Fsp3) is 0.417. The smallest absolute Gasteiger partial charge is 0.320 e. The van der Waals surface area contributed by atoms with Crippen LogP contribution in [0.15, 0.2) is 22.9 Å². The van der Waals surface area contributed by atoms with Crippen LogP contribution in [-0.4, -0.2) is 12.6 Å². The molecular formula is C12H14O2S. The highest BCUT2D eigenvalue weighted by atomic mass is 32.1. The van der Waals surface area contributed by atoms with Crippen LogP contribution < -0.4 is 0 Å². The van der Waals surface area contributed by atoms with E-state index in [2.05, 4.69) is 5.38 Å². The molecule has 0 amide bonds. The molecule has 1 aliphatic rings. The standard InChI is InChI=1S/C12H14O2S/c1-3-12(11(13)14-4-2)7-10(12)9-5-6-15-8-9/h5-8H,3-4H2,1-2H3. The van der Waals surface area contributed by atoms with Crippen LogP contribution in [0, 0.1) is 5.41 Å². The van der Waals surface area contributed by atoms with Crippen LogP contribution >= 0.6 is 11.3 Å². The van der Waals surface area contributed by atoms with Gasteiger partial charge in [-0.1, -0.05) is 13.0 Å². The molecule has 1 aromatic rings. The molecule has 2 nitrogen and oxygen atoms in total. The lowest BCUT2D eigenvalue weighted by Crippen LogP contribution is -2.21. The summed E-state index contributed by atoms with van der Waals surface area (Å²) in [5, 5.41) is 4.10. The van der Waals surface area contributed by atoms with Crippen molar-refractivity contribution in [2.24, 2.45) is 5.41 Å². The molecule has 0 saturated carbocycles. The maximum absolute atomic E-state index is 11.8. The summed E-state index contributed by atoms with van der Waals surface area (Å²) in [5.41, 5.74) is 1.87. The molecule has 1 atom stereocenters. The van der Waals surface area contributed by atoms with E-state index in [9.17, 15) is 4.79 Å². The van der Waals surface area contributed by atoms with Gasteiger partial charge in [-0.05, 0) is 41.3 Å². The normalized spacial score (nSPS) is 23.5. The summed E-state index contributed by atoms with van der Waals surface area (Å²) in [6.07, 6.45) is 2.81. The van der Waals surface area contributed by atoms with Crippen LogP contribution in [0.5, 0.6) is 0 Å². The molecule has 3 heteroatoms. The minimum Gasteiger partial charge on any atom is -0.465 e. The average molecular weight is 222 g/mol. The molecule has 1 aromatic heterocycles. The van der Waals surface area contributed by atoms with Crippen LogP contribution in [0.25, 0.3) is 5.57 Å². The van der Waals surface area contributed by atoms with Crippen molar-refractivity contribution in [2.75, 3.05) is 6.61 Å². The summed E-state index contributed by atoms with van der Waals surface area (Å²) in [5.74, 6) is -0.103. The predicted octanol–water partition coefficient (Wildman–Crippen LogP) is 3.10. The molecule has 1 aliphatic carbocycles. The van der Waals surface area contributed by atoms with Gasteiger partial charge in [0.25, 0.3) is 0 Å². The number of carbonyl (C=O) groups excluding carboxylic acids is 1. The zero-order chi connectivity index (χ0) is 10.9. The molecule has 0 saturated heterocycles. The average Bonchev–Trinajstić information content (AvgIpc) is 2.75. The molecular weight excluding hydrogens is 208 g/mol. The third kappa shape index (κ3) is 1.61. The number of hydrogen-bond acceptors (Lipinski definition) is 3. The molecule has 0 N–H and O–H groups in total. The Bertz CT molecular complexity index is 392. The second-order valence-electron chi connectivity index (χ2n) is 3.62. The van der Waals surface area contributed by atoms with Crippen molar-refractivity contribution in [1.29, 1.82) is 0 Å². The molecule has 2 rings (SSSR count). The Labute approximate surface area is 93.6 Å². The Kier molecular flexibility index (Phi) is 2.65. The third-order valence-corrected chi connectivity index (χ3v) is 3.50. The molecule has 1 unspecified atom stereocenters. The maximum atomic E-state index is 11.8. The Morgan fingerprint density at radius 2 is 2.33 bits per heavy atom. The highest BCUT2D eigenvalue weighted by Gasteiger charge is 2.51. The Morgan fingerprint density at radius 1 is 1.53 bits per heavy atom. The van der Waals surface area contributed by atoms with Crippen LogP contribution in [0.1, 0.15) is 25.8 Å². The minimum atomic E-state index is -0.420. The molecule has 0 aliphatic heterocycles. The van der Waals surface area contributed by atoms with Gasteiger partial charge < -0.3 is 4.74 Å². The molecule has 15 heavy (non-hydrogen) atoms. The van der Waals surface area contributed by atoms with Gasteiger partial charge in [-0.3, -0.25) is 4.79 Å². The van der Waals surface area contributed by atoms with Gasteiger partial charge in [0.15, 0.2) is 0 Å². The third-order valence-electron chi connectivity index (χ3n) is 2.82. The fourth-order valence-electron chi connectivity index (χ4n) is 1.83. The summed E-state index contributed by atoms with van der Waals surface area (Å²) in [7, 11) is 0. The van der Waals surface area contributed by atoms with Gasteiger partial charge in [0, 0.05) is 0 Å². The number of hydrogen-bond donors (Lipinski definition) is 0. The number of carbonyl (C=O) groups is 1. The summed E-state index contributed by atoms with van der Waals surface area (Å²) in [6.45, 7) is 4.31. The van der Waals surface area contributed by atoms with Gasteiger partial charge in [-0.25, -0.2) is 0 Å². The van der Waals surface area contributed by atoms with Crippen molar-refractivity contribution in [3.63, 3.8) is 0 Å². The number of thiophene rings is 1. The number of esters is 1. The van der Waals surface area contributed by atoms with Crippen molar-refractivity contribution >= 4 is 22.9 Å². The van der Waals surface area contributed by atoms with E-state index in [-0.39, 0.29) is 5.97 Å². The molecule has 0 radical (unpaired) electrons. The van der Waals surface area contributed by atoms with Gasteiger partial charge in [0.2, 0.25) is 0 Å². The molecule has 0 spiro atoms. The molecule has 1 heterocycles. The topological polar surface area (TPSA) is 26.3 Å². The zero-order valence-electron chi connectivity index (χ0n) is 8.95. The molecule has 0 bridgehead atoms. The van der Waals surface area contributed by atoms with E-state index in [0.717, 1.165) is 17.6 Å². The van der Waals surface area contributed by atoms with Crippen molar-refractivity contribution in [3.8, 4) is 0 Å². The number of rotatable bonds is 4. The van der Waals surface area contributed by atoms with Crippen LogP contribution in [0.3, 0.4) is 0 Å². The quantitative estimate of drug-likeness (QED) is 0.732. The van der Waals surface area contributed by atoms with E-state index in [1.165, 1.54) is 0 Å². The molecule has 0 fully saturated rings. The lowest BCUT2D eigenvalue weighted by Gasteiger charge is -2.14. The Hall–Kier alpha value is -1.09. The highest BCUT2D eigenvalue weighted by molar-refractivity contribution is 7.08. The lowest BCUT2D eigenvalue weighted by atomic mass is 9.94. The first-order chi connectivity index (χ1) is 7.24. The van der Waals surface area contributed by atoms with Gasteiger partial charge in [0.1, 0.15) is 5.41 Å². The molecule has 0 aromatic carbocycles. The first-order valence-electron chi connectivity index (χ1n) is 5.17. The largest absolute Gasteiger partial charge is 0.465 e. The van der Waals surface area contributed by atoms with Crippen LogP contribution in [-0.2, 0) is 9.53 Å². The van der Waals surface area contributed by atoms with Gasteiger partial charge in [0.05, 0.1) is 6.61 Å². The van der Waals surface area contributed by atoms with Crippen LogP contribution in [0.4, 0.5) is 0 Å². The second kappa shape index (κ2) is 3.81. The monoisotopic (exact) mass is 222 g/mol. The van der Waals surface area contributed by atoms with E-state index < -0.39 is 5.41 Å². The van der Waals surface area contributed by atoms with E-state index in [1.807, 2.05) is 31.4 Å². The maximum Gasteiger partial charge on any atom is 0.320 e. The predicted molar refractivity (Wildman–Crippen MR) is 61.7 cm³/mol. The van der Waals surface area contributed by atoms with Crippen LogP contribution in [0.2, 0.25) is 0 Å².